The molecule has 0 aromatic carbocycles. The molecule has 0 aliphatic carbocycles. The first-order valence-electron chi connectivity index (χ1n) is 4.84. The van der Waals surface area contributed by atoms with E-state index in [0.717, 1.165) is 5.32 Å². The van der Waals surface area contributed by atoms with Crippen molar-refractivity contribution in [3.8, 4) is 0 Å². The van der Waals surface area contributed by atoms with Crippen molar-refractivity contribution in [3.63, 3.8) is 0 Å². The van der Waals surface area contributed by atoms with E-state index in [4.69, 9.17) is 5.73 Å². The van der Waals surface area contributed by atoms with Crippen LogP contribution in [0.4, 0.5) is 43.9 Å². The van der Waals surface area contributed by atoms with E-state index >= 15 is 0 Å². The first kappa shape index (κ1) is 18.4. The van der Waals surface area contributed by atoms with Gasteiger partial charge in [-0.15, -0.1) is 0 Å². The molecule has 1 aliphatic heterocycles. The summed E-state index contributed by atoms with van der Waals surface area (Å²) in [5.74, 6) is -3.50. The van der Waals surface area contributed by atoms with Gasteiger partial charge in [0.1, 0.15) is 4.99 Å². The fraction of sp³-hybridized carbons (Fsp3) is 0.750. The normalized spacial score (nSPS) is 29.7. The van der Waals surface area contributed by atoms with Crippen molar-refractivity contribution in [3.05, 3.63) is 10.7 Å². The number of alkyl halides is 9. The Morgan fingerprint density at radius 1 is 1.00 bits per heavy atom. The molecule has 1 heterocycles. The average Bonchev–Trinajstić information content (AvgIpc) is 2.47. The summed E-state index contributed by atoms with van der Waals surface area (Å²) >= 11 is -0.725. The Kier molecular flexibility index (Phi) is 4.07. The van der Waals surface area contributed by atoms with E-state index in [-0.39, 0.29) is 0 Å². The second-order valence-electron chi connectivity index (χ2n) is 4.22. The number of thioether (sulfide) groups is 1. The van der Waals surface area contributed by atoms with E-state index in [9.17, 15) is 43.9 Å². The van der Waals surface area contributed by atoms with E-state index in [2.05, 4.69) is 0 Å². The number of rotatable bonds is 0. The van der Waals surface area contributed by atoms with E-state index < -0.39 is 51.6 Å². The molecule has 1 saturated heterocycles. The molecule has 0 spiro atoms. The molecule has 0 saturated carbocycles. The predicted molar refractivity (Wildman–Crippen MR) is 52.3 cm³/mol. The molecule has 0 radical (unpaired) electrons. The van der Waals surface area contributed by atoms with Gasteiger partial charge < -0.3 is 5.73 Å². The minimum absolute atomic E-state index is 0.556. The molecule has 2 nitrogen and oxygen atoms in total. The number of nitrogens with one attached hydrogen (secondary N) is 1. The van der Waals surface area contributed by atoms with Gasteiger partial charge >= 0.3 is 18.5 Å². The molecule has 1 aliphatic rings. The zero-order valence-corrected chi connectivity index (χ0v) is 10.6. The van der Waals surface area contributed by atoms with Crippen LogP contribution < -0.4 is 11.1 Å². The molecule has 1 fully saturated rings. The molecule has 1 unspecified atom stereocenters. The van der Waals surface area contributed by atoms with E-state index in [1.54, 1.807) is 0 Å². The molecule has 3 N–H and O–H groups in total. The highest BCUT2D eigenvalue weighted by atomic mass is 32.2. The Labute approximate surface area is 114 Å². The average molecular weight is 352 g/mol. The minimum Gasteiger partial charge on any atom is -0.305 e. The third-order valence-corrected chi connectivity index (χ3v) is 3.60. The molecular weight excluding hydrogens is 346 g/mol. The fourth-order valence-corrected chi connectivity index (χ4v) is 2.91. The number of halogens is 10. The smallest absolute Gasteiger partial charge is 0.305 e. The maximum Gasteiger partial charge on any atom is 0.443 e. The topological polar surface area (TPSA) is 38.0 Å². The van der Waals surface area contributed by atoms with E-state index in [0.29, 0.717) is 6.92 Å². The van der Waals surface area contributed by atoms with Crippen LogP contribution >= 0.6 is 11.8 Å². The van der Waals surface area contributed by atoms with Crippen LogP contribution in [0.5, 0.6) is 0 Å². The van der Waals surface area contributed by atoms with Crippen LogP contribution in [0.25, 0.3) is 0 Å². The van der Waals surface area contributed by atoms with Crippen LogP contribution in [-0.2, 0) is 0 Å². The Morgan fingerprint density at radius 3 is 1.67 bits per heavy atom. The van der Waals surface area contributed by atoms with Crippen LogP contribution in [-0.4, -0.2) is 29.1 Å². The summed E-state index contributed by atoms with van der Waals surface area (Å²) in [6.07, 6.45) is -18.6. The van der Waals surface area contributed by atoms with Gasteiger partial charge in [-0.05, 0) is 6.92 Å². The zero-order chi connectivity index (χ0) is 17.1. The highest BCUT2D eigenvalue weighted by Crippen LogP contribution is 2.59. The molecule has 0 aromatic heterocycles. The second-order valence-corrected chi connectivity index (χ2v) is 5.68. The van der Waals surface area contributed by atoms with Crippen molar-refractivity contribution in [2.45, 2.75) is 36.0 Å². The number of allylic oxidation sites excluding steroid dienone is 1. The number of nitrogens with two attached hydrogens (primary N) is 1. The van der Waals surface area contributed by atoms with Crippen molar-refractivity contribution in [2.24, 2.45) is 5.73 Å². The lowest BCUT2D eigenvalue weighted by atomic mass is 9.95. The van der Waals surface area contributed by atoms with Crippen molar-refractivity contribution in [1.82, 2.24) is 5.32 Å². The van der Waals surface area contributed by atoms with Gasteiger partial charge in [-0.25, -0.2) is 4.39 Å². The molecule has 0 amide bonds. The monoisotopic (exact) mass is 352 g/mol. The Balaban J connectivity index is 3.75. The van der Waals surface area contributed by atoms with Crippen LogP contribution in [0.15, 0.2) is 10.7 Å². The lowest BCUT2D eigenvalue weighted by Gasteiger charge is -2.35. The summed E-state index contributed by atoms with van der Waals surface area (Å²) < 4.78 is 127. The summed E-state index contributed by atoms with van der Waals surface area (Å²) in [5.41, 5.74) is -0.227. The van der Waals surface area contributed by atoms with Crippen LogP contribution in [0, 0.1) is 0 Å². The molecule has 124 valence electrons. The summed E-state index contributed by atoms with van der Waals surface area (Å²) in [6.45, 7) is 0.556. The van der Waals surface area contributed by atoms with Gasteiger partial charge in [-0.3, -0.25) is 5.32 Å². The van der Waals surface area contributed by atoms with Gasteiger partial charge in [-0.1, -0.05) is 11.8 Å². The standard InChI is InChI=1S/C8H6F10N2S/c1-4(19)20-5(7(13,14)15,8(16,17)18)3(21-4)2(9)6(10,11)12/h20H,19H2,1H3/b3-2+. The first-order valence-corrected chi connectivity index (χ1v) is 5.65. The summed E-state index contributed by atoms with van der Waals surface area (Å²) in [4.78, 5) is -5.22. The molecule has 1 atom stereocenters. The van der Waals surface area contributed by atoms with Crippen molar-refractivity contribution in [2.75, 3.05) is 0 Å². The van der Waals surface area contributed by atoms with Crippen molar-refractivity contribution in [1.29, 1.82) is 0 Å². The first-order chi connectivity index (χ1) is 8.96. The van der Waals surface area contributed by atoms with Gasteiger partial charge in [0.15, 0.2) is 0 Å². The van der Waals surface area contributed by atoms with Gasteiger partial charge in [-0.2, -0.15) is 39.5 Å². The third kappa shape index (κ3) is 2.95. The van der Waals surface area contributed by atoms with Crippen molar-refractivity contribution >= 4 is 11.8 Å². The minimum atomic E-state index is -6.30. The van der Waals surface area contributed by atoms with E-state index in [1.807, 2.05) is 0 Å². The van der Waals surface area contributed by atoms with Gasteiger partial charge in [0.2, 0.25) is 11.4 Å². The number of hydrogen-bond donors (Lipinski definition) is 2. The maximum absolute atomic E-state index is 13.2. The van der Waals surface area contributed by atoms with E-state index in [1.165, 1.54) is 0 Å². The predicted octanol–water partition coefficient (Wildman–Crippen LogP) is 3.56. The maximum atomic E-state index is 13.2. The van der Waals surface area contributed by atoms with Gasteiger partial charge in [0, 0.05) is 0 Å². The number of hydrogen-bond acceptors (Lipinski definition) is 3. The quantitative estimate of drug-likeness (QED) is 0.655. The summed E-state index contributed by atoms with van der Waals surface area (Å²) in [5, 5.41) is 0.820. The van der Waals surface area contributed by atoms with Crippen LogP contribution in [0.1, 0.15) is 6.92 Å². The zero-order valence-electron chi connectivity index (χ0n) is 9.77. The lowest BCUT2D eigenvalue weighted by Crippen LogP contribution is -2.68. The second kappa shape index (κ2) is 4.65. The highest BCUT2D eigenvalue weighted by Gasteiger charge is 2.78. The SMILES string of the molecule is CC1(N)NC(C(F)(F)F)(C(F)(F)F)/C(=C(\F)C(F)(F)F)S1. The van der Waals surface area contributed by atoms with Crippen molar-refractivity contribution < 1.29 is 43.9 Å². The molecule has 13 heteroatoms. The lowest BCUT2D eigenvalue weighted by molar-refractivity contribution is -0.293. The Bertz CT molecular complexity index is 443. The molecule has 1 rings (SSSR count). The Hall–Kier alpha value is -0.690. The summed E-state index contributed by atoms with van der Waals surface area (Å²) in [6, 6.07) is 0. The third-order valence-electron chi connectivity index (χ3n) is 2.39. The van der Waals surface area contributed by atoms with Gasteiger partial charge in [0.25, 0.3) is 0 Å². The molecular formula is C8H6F10N2S. The molecule has 0 aromatic rings. The summed E-state index contributed by atoms with van der Waals surface area (Å²) in [7, 11) is 0. The Morgan fingerprint density at radius 2 is 1.38 bits per heavy atom. The van der Waals surface area contributed by atoms with Crippen LogP contribution in [0.2, 0.25) is 0 Å². The van der Waals surface area contributed by atoms with Crippen LogP contribution in [0.3, 0.4) is 0 Å². The molecule has 21 heavy (non-hydrogen) atoms. The highest BCUT2D eigenvalue weighted by molar-refractivity contribution is 8.04. The van der Waals surface area contributed by atoms with Gasteiger partial charge in [0.05, 0.1) is 4.91 Å². The molecule has 0 bridgehead atoms. The fourth-order valence-electron chi connectivity index (χ4n) is 1.64. The largest absolute Gasteiger partial charge is 0.443 e.